The van der Waals surface area contributed by atoms with E-state index in [1.807, 2.05) is 6.92 Å². The molecule has 1 aromatic heterocycles. The maximum Gasteiger partial charge on any atom is 0.122 e. The number of benzene rings is 1. The van der Waals surface area contributed by atoms with Gasteiger partial charge in [0.15, 0.2) is 0 Å². The first-order valence-electron chi connectivity index (χ1n) is 6.90. The summed E-state index contributed by atoms with van der Waals surface area (Å²) in [7, 11) is 1.59. The number of aliphatic hydroxyl groups is 1. The Labute approximate surface area is 129 Å². The van der Waals surface area contributed by atoms with Gasteiger partial charge in [-0.25, -0.2) is 0 Å². The van der Waals surface area contributed by atoms with E-state index in [9.17, 15) is 5.11 Å². The largest absolute Gasteiger partial charge is 0.496 e. The van der Waals surface area contributed by atoms with E-state index in [0.717, 1.165) is 16.9 Å². The van der Waals surface area contributed by atoms with Gasteiger partial charge < -0.3 is 20.0 Å². The van der Waals surface area contributed by atoms with Crippen molar-refractivity contribution in [1.29, 1.82) is 0 Å². The van der Waals surface area contributed by atoms with Gasteiger partial charge in [-0.2, -0.15) is 0 Å². The monoisotopic (exact) mass is 309 g/mol. The maximum absolute atomic E-state index is 10.7. The topological polar surface area (TPSA) is 68.6 Å². The molecule has 2 unspecified atom stereocenters. The van der Waals surface area contributed by atoms with Crippen molar-refractivity contribution in [3.63, 3.8) is 0 Å². The summed E-state index contributed by atoms with van der Waals surface area (Å²) in [6.07, 6.45) is 1.53. The van der Waals surface area contributed by atoms with Gasteiger partial charge in [0.05, 0.1) is 19.5 Å². The molecule has 0 aliphatic rings. The number of aryl methyl sites for hydroxylation is 1. The predicted molar refractivity (Wildman–Crippen MR) is 82.8 cm³/mol. The number of ether oxygens (including phenoxy) is 1. The molecule has 4 nitrogen and oxygen atoms in total. The lowest BCUT2D eigenvalue weighted by Crippen LogP contribution is -2.21. The zero-order chi connectivity index (χ0) is 15.4. The summed E-state index contributed by atoms with van der Waals surface area (Å²) < 4.78 is 10.7. The fourth-order valence-electron chi connectivity index (χ4n) is 2.54. The van der Waals surface area contributed by atoms with Crippen LogP contribution in [0.3, 0.4) is 0 Å². The highest BCUT2D eigenvalue weighted by Crippen LogP contribution is 2.38. The van der Waals surface area contributed by atoms with Crippen molar-refractivity contribution < 1.29 is 14.3 Å². The quantitative estimate of drug-likeness (QED) is 0.859. The molecule has 21 heavy (non-hydrogen) atoms. The lowest BCUT2D eigenvalue weighted by molar-refractivity contribution is 0.144. The summed E-state index contributed by atoms with van der Waals surface area (Å²) >= 11 is 6.07. The molecule has 1 aromatic carbocycles. The summed E-state index contributed by atoms with van der Waals surface area (Å²) in [5, 5.41) is 11.3. The average molecular weight is 310 g/mol. The minimum Gasteiger partial charge on any atom is -0.496 e. The van der Waals surface area contributed by atoms with Crippen LogP contribution in [0.25, 0.3) is 0 Å². The fourth-order valence-corrected chi connectivity index (χ4v) is 2.72. The number of hydrogen-bond acceptors (Lipinski definition) is 4. The van der Waals surface area contributed by atoms with E-state index < -0.39 is 6.10 Å². The minimum absolute atomic E-state index is 0.270. The van der Waals surface area contributed by atoms with Gasteiger partial charge in [-0.05, 0) is 24.3 Å². The van der Waals surface area contributed by atoms with E-state index in [1.165, 1.54) is 0 Å². The molecule has 3 N–H and O–H groups in total. The third-order valence-corrected chi connectivity index (χ3v) is 3.88. The smallest absolute Gasteiger partial charge is 0.122 e. The SMILES string of the molecule is CCc1occc1C(O)C(CN)c1cc(Cl)ccc1OC. The van der Waals surface area contributed by atoms with Crippen molar-refractivity contribution in [3.05, 3.63) is 52.4 Å². The normalized spacial score (nSPS) is 14.0. The van der Waals surface area contributed by atoms with Gasteiger partial charge in [0.25, 0.3) is 0 Å². The van der Waals surface area contributed by atoms with Gasteiger partial charge in [-0.1, -0.05) is 18.5 Å². The molecule has 2 atom stereocenters. The Kier molecular flexibility index (Phi) is 5.28. The molecule has 0 bridgehead atoms. The third kappa shape index (κ3) is 3.23. The number of halogens is 1. The summed E-state index contributed by atoms with van der Waals surface area (Å²) in [5.74, 6) is 1.11. The van der Waals surface area contributed by atoms with Gasteiger partial charge >= 0.3 is 0 Å². The molecule has 0 amide bonds. The number of hydrogen-bond donors (Lipinski definition) is 2. The second kappa shape index (κ2) is 6.98. The molecule has 0 radical (unpaired) electrons. The zero-order valence-corrected chi connectivity index (χ0v) is 12.9. The van der Waals surface area contributed by atoms with Crippen LogP contribution < -0.4 is 10.5 Å². The van der Waals surface area contributed by atoms with Crippen LogP contribution in [0, 0.1) is 0 Å². The van der Waals surface area contributed by atoms with Crippen LogP contribution >= 0.6 is 11.6 Å². The van der Waals surface area contributed by atoms with Crippen molar-refractivity contribution in [2.75, 3.05) is 13.7 Å². The van der Waals surface area contributed by atoms with Crippen LogP contribution in [-0.2, 0) is 6.42 Å². The first-order valence-corrected chi connectivity index (χ1v) is 7.28. The van der Waals surface area contributed by atoms with Gasteiger partial charge in [0, 0.05) is 35.0 Å². The molecule has 0 aliphatic heterocycles. The first-order chi connectivity index (χ1) is 10.1. The van der Waals surface area contributed by atoms with Crippen LogP contribution in [0.15, 0.2) is 34.9 Å². The molecule has 0 spiro atoms. The Balaban J connectivity index is 2.42. The van der Waals surface area contributed by atoms with Crippen molar-refractivity contribution in [2.24, 2.45) is 5.73 Å². The van der Waals surface area contributed by atoms with E-state index in [1.54, 1.807) is 37.6 Å². The van der Waals surface area contributed by atoms with Gasteiger partial charge in [-0.3, -0.25) is 0 Å². The number of nitrogens with two attached hydrogens (primary N) is 1. The Morgan fingerprint density at radius 1 is 1.33 bits per heavy atom. The Bertz CT molecular complexity index is 597. The van der Waals surface area contributed by atoms with E-state index in [2.05, 4.69) is 0 Å². The molecule has 0 aliphatic carbocycles. The van der Waals surface area contributed by atoms with Crippen molar-refractivity contribution in [3.8, 4) is 5.75 Å². The molecule has 0 saturated heterocycles. The Morgan fingerprint density at radius 2 is 2.10 bits per heavy atom. The Hall–Kier alpha value is -1.49. The van der Waals surface area contributed by atoms with Crippen LogP contribution in [0.4, 0.5) is 0 Å². The first kappa shape index (κ1) is 15.9. The maximum atomic E-state index is 10.7. The molecule has 0 saturated carbocycles. The molecule has 1 heterocycles. The van der Waals surface area contributed by atoms with E-state index >= 15 is 0 Å². The predicted octanol–water partition coefficient (Wildman–Crippen LogP) is 3.28. The highest BCUT2D eigenvalue weighted by Gasteiger charge is 2.27. The average Bonchev–Trinajstić information content (AvgIpc) is 2.96. The number of furan rings is 1. The van der Waals surface area contributed by atoms with E-state index in [4.69, 9.17) is 26.5 Å². The standard InChI is InChI=1S/C16H20ClNO3/c1-3-14-11(6-7-21-14)16(19)13(9-18)12-8-10(17)4-5-15(12)20-2/h4-8,13,16,19H,3,9,18H2,1-2H3. The van der Waals surface area contributed by atoms with Crippen molar-refractivity contribution in [1.82, 2.24) is 0 Å². The lowest BCUT2D eigenvalue weighted by Gasteiger charge is -2.24. The Morgan fingerprint density at radius 3 is 2.71 bits per heavy atom. The zero-order valence-electron chi connectivity index (χ0n) is 12.2. The van der Waals surface area contributed by atoms with Crippen LogP contribution in [0.1, 0.15) is 35.8 Å². The van der Waals surface area contributed by atoms with Crippen LogP contribution in [-0.4, -0.2) is 18.8 Å². The van der Waals surface area contributed by atoms with Crippen molar-refractivity contribution in [2.45, 2.75) is 25.4 Å². The molecular weight excluding hydrogens is 290 g/mol. The van der Waals surface area contributed by atoms with Crippen LogP contribution in [0.5, 0.6) is 5.75 Å². The molecule has 114 valence electrons. The van der Waals surface area contributed by atoms with Gasteiger partial charge in [0.1, 0.15) is 11.5 Å². The fraction of sp³-hybridized carbons (Fsp3) is 0.375. The highest BCUT2D eigenvalue weighted by molar-refractivity contribution is 6.30. The molecule has 5 heteroatoms. The lowest BCUT2D eigenvalue weighted by atomic mass is 9.88. The number of methoxy groups -OCH3 is 1. The number of aliphatic hydroxyl groups excluding tert-OH is 1. The number of rotatable bonds is 6. The van der Waals surface area contributed by atoms with Gasteiger partial charge in [0.2, 0.25) is 0 Å². The molecule has 2 aromatic rings. The van der Waals surface area contributed by atoms with Crippen molar-refractivity contribution >= 4 is 11.6 Å². The molecule has 0 fully saturated rings. The van der Waals surface area contributed by atoms with E-state index in [-0.39, 0.29) is 12.5 Å². The summed E-state index contributed by atoms with van der Waals surface area (Å²) in [6.45, 7) is 2.25. The third-order valence-electron chi connectivity index (χ3n) is 3.65. The second-order valence-electron chi connectivity index (χ2n) is 4.83. The molecule has 2 rings (SSSR count). The summed E-state index contributed by atoms with van der Waals surface area (Å²) in [5.41, 5.74) is 7.44. The minimum atomic E-state index is -0.768. The summed E-state index contributed by atoms with van der Waals surface area (Å²) in [4.78, 5) is 0. The van der Waals surface area contributed by atoms with Gasteiger partial charge in [-0.15, -0.1) is 0 Å². The van der Waals surface area contributed by atoms with Crippen LogP contribution in [0.2, 0.25) is 5.02 Å². The second-order valence-corrected chi connectivity index (χ2v) is 5.26. The molecular formula is C16H20ClNO3. The highest BCUT2D eigenvalue weighted by atomic mass is 35.5. The van der Waals surface area contributed by atoms with E-state index in [0.29, 0.717) is 17.2 Å². The summed E-state index contributed by atoms with van der Waals surface area (Å²) in [6, 6.07) is 7.10.